The zero-order chi connectivity index (χ0) is 11.5. The van der Waals surface area contributed by atoms with E-state index in [9.17, 15) is 0 Å². The summed E-state index contributed by atoms with van der Waals surface area (Å²) in [7, 11) is 4.04. The molecular weight excluding hydrogens is 198 g/mol. The van der Waals surface area contributed by atoms with Crippen LogP contribution in [-0.2, 0) is 0 Å². The van der Waals surface area contributed by atoms with Gasteiger partial charge in [0.05, 0.1) is 0 Å². The number of anilines is 2. The maximum Gasteiger partial charge on any atom is 0.0424 e. The third-order valence-corrected chi connectivity index (χ3v) is 2.55. The lowest BCUT2D eigenvalue weighted by Crippen LogP contribution is -2.07. The standard InChI is InChI=1S/C13H15N3/c1-16(2)11-5-3-10(4-6-11)12-9-15-8-7-13(12)14/h3-9H,1-2H3,(H2,14,15). The molecule has 1 aromatic heterocycles. The Kier molecular flexibility index (Phi) is 2.77. The number of nitrogens with zero attached hydrogens (tertiary/aromatic N) is 2. The summed E-state index contributed by atoms with van der Waals surface area (Å²) in [5, 5.41) is 0. The molecule has 1 heterocycles. The molecule has 0 atom stereocenters. The normalized spacial score (nSPS) is 10.1. The third-order valence-electron chi connectivity index (χ3n) is 2.55. The first-order chi connectivity index (χ1) is 7.68. The molecule has 1 aromatic carbocycles. The highest BCUT2D eigenvalue weighted by Crippen LogP contribution is 2.26. The van der Waals surface area contributed by atoms with Crippen LogP contribution in [0.3, 0.4) is 0 Å². The summed E-state index contributed by atoms with van der Waals surface area (Å²) in [4.78, 5) is 6.15. The fourth-order valence-corrected chi connectivity index (χ4v) is 1.59. The monoisotopic (exact) mass is 213 g/mol. The molecule has 16 heavy (non-hydrogen) atoms. The van der Waals surface area contributed by atoms with Gasteiger partial charge in [-0.05, 0) is 23.8 Å². The van der Waals surface area contributed by atoms with E-state index in [1.807, 2.05) is 20.2 Å². The van der Waals surface area contributed by atoms with Crippen LogP contribution in [0.1, 0.15) is 0 Å². The minimum absolute atomic E-state index is 0.757. The fraction of sp³-hybridized carbons (Fsp3) is 0.154. The zero-order valence-electron chi connectivity index (χ0n) is 9.51. The van der Waals surface area contributed by atoms with Gasteiger partial charge in [-0.2, -0.15) is 0 Å². The number of nitrogen functional groups attached to an aromatic ring is 1. The molecule has 0 saturated heterocycles. The van der Waals surface area contributed by atoms with Crippen LogP contribution in [0.5, 0.6) is 0 Å². The van der Waals surface area contributed by atoms with Gasteiger partial charge in [-0.1, -0.05) is 12.1 Å². The Balaban J connectivity index is 2.39. The summed E-state index contributed by atoms with van der Waals surface area (Å²) >= 11 is 0. The molecule has 0 saturated carbocycles. The van der Waals surface area contributed by atoms with Crippen LogP contribution in [0, 0.1) is 0 Å². The van der Waals surface area contributed by atoms with Crippen molar-refractivity contribution in [3.8, 4) is 11.1 Å². The molecular formula is C13H15N3. The van der Waals surface area contributed by atoms with Gasteiger partial charge in [0.25, 0.3) is 0 Å². The Hall–Kier alpha value is -2.03. The van der Waals surface area contributed by atoms with Gasteiger partial charge in [-0.25, -0.2) is 0 Å². The maximum atomic E-state index is 5.90. The largest absolute Gasteiger partial charge is 0.398 e. The van der Waals surface area contributed by atoms with E-state index in [1.54, 1.807) is 12.4 Å². The molecule has 0 bridgehead atoms. The first-order valence-electron chi connectivity index (χ1n) is 5.16. The molecule has 0 radical (unpaired) electrons. The minimum atomic E-state index is 0.757. The molecule has 0 aliphatic rings. The Morgan fingerprint density at radius 2 is 1.75 bits per heavy atom. The second-order valence-electron chi connectivity index (χ2n) is 3.90. The number of pyridine rings is 1. The summed E-state index contributed by atoms with van der Waals surface area (Å²) in [6.45, 7) is 0. The van der Waals surface area contributed by atoms with E-state index in [1.165, 1.54) is 5.69 Å². The molecule has 0 unspecified atom stereocenters. The summed E-state index contributed by atoms with van der Waals surface area (Å²) < 4.78 is 0. The Bertz CT molecular complexity index is 475. The van der Waals surface area contributed by atoms with Crippen LogP contribution in [0.4, 0.5) is 11.4 Å². The van der Waals surface area contributed by atoms with E-state index in [0.29, 0.717) is 0 Å². The molecule has 0 amide bonds. The van der Waals surface area contributed by atoms with Crippen LogP contribution >= 0.6 is 0 Å². The number of hydrogen-bond acceptors (Lipinski definition) is 3. The van der Waals surface area contributed by atoms with Crippen molar-refractivity contribution in [3.63, 3.8) is 0 Å². The van der Waals surface area contributed by atoms with Gasteiger partial charge in [0.1, 0.15) is 0 Å². The zero-order valence-corrected chi connectivity index (χ0v) is 9.51. The molecule has 3 nitrogen and oxygen atoms in total. The van der Waals surface area contributed by atoms with Gasteiger partial charge in [0, 0.05) is 43.4 Å². The summed E-state index contributed by atoms with van der Waals surface area (Å²) in [5.74, 6) is 0. The number of rotatable bonds is 2. The molecule has 3 heteroatoms. The van der Waals surface area contributed by atoms with Crippen LogP contribution in [0.2, 0.25) is 0 Å². The van der Waals surface area contributed by atoms with Crippen molar-refractivity contribution in [2.24, 2.45) is 0 Å². The fourth-order valence-electron chi connectivity index (χ4n) is 1.59. The highest BCUT2D eigenvalue weighted by atomic mass is 15.1. The van der Waals surface area contributed by atoms with E-state index < -0.39 is 0 Å². The average Bonchev–Trinajstić information content (AvgIpc) is 2.30. The van der Waals surface area contributed by atoms with Gasteiger partial charge in [-0.15, -0.1) is 0 Å². The van der Waals surface area contributed by atoms with E-state index in [0.717, 1.165) is 16.8 Å². The maximum absolute atomic E-state index is 5.90. The molecule has 2 N–H and O–H groups in total. The van der Waals surface area contributed by atoms with Crippen LogP contribution in [0.25, 0.3) is 11.1 Å². The van der Waals surface area contributed by atoms with Crippen molar-refractivity contribution in [3.05, 3.63) is 42.7 Å². The highest BCUT2D eigenvalue weighted by molar-refractivity contribution is 5.76. The molecule has 0 aliphatic carbocycles. The Labute approximate surface area is 95.5 Å². The molecule has 82 valence electrons. The minimum Gasteiger partial charge on any atom is -0.398 e. The SMILES string of the molecule is CN(C)c1ccc(-c2cnccc2N)cc1. The third kappa shape index (κ3) is 1.98. The molecule has 0 aliphatic heterocycles. The molecule has 0 spiro atoms. The van der Waals surface area contributed by atoms with E-state index >= 15 is 0 Å². The van der Waals surface area contributed by atoms with Gasteiger partial charge >= 0.3 is 0 Å². The topological polar surface area (TPSA) is 42.2 Å². The van der Waals surface area contributed by atoms with Crippen molar-refractivity contribution in [2.75, 3.05) is 24.7 Å². The van der Waals surface area contributed by atoms with Crippen LogP contribution in [0.15, 0.2) is 42.7 Å². The van der Waals surface area contributed by atoms with Gasteiger partial charge in [-0.3, -0.25) is 4.98 Å². The summed E-state index contributed by atoms with van der Waals surface area (Å²) in [6.07, 6.45) is 3.49. The predicted octanol–water partition coefficient (Wildman–Crippen LogP) is 2.40. The van der Waals surface area contributed by atoms with E-state index in [2.05, 4.69) is 34.1 Å². The van der Waals surface area contributed by atoms with Crippen molar-refractivity contribution in [1.82, 2.24) is 4.98 Å². The van der Waals surface area contributed by atoms with Crippen LogP contribution in [-0.4, -0.2) is 19.1 Å². The summed E-state index contributed by atoms with van der Waals surface area (Å²) in [6, 6.07) is 10.1. The van der Waals surface area contributed by atoms with Crippen LogP contribution < -0.4 is 10.6 Å². The van der Waals surface area contributed by atoms with Crippen molar-refractivity contribution in [1.29, 1.82) is 0 Å². The quantitative estimate of drug-likeness (QED) is 0.833. The van der Waals surface area contributed by atoms with Gasteiger partial charge in [0.2, 0.25) is 0 Å². The number of nitrogens with two attached hydrogens (primary N) is 1. The second kappa shape index (κ2) is 4.23. The average molecular weight is 213 g/mol. The molecule has 2 aromatic rings. The smallest absolute Gasteiger partial charge is 0.0424 e. The number of aromatic nitrogens is 1. The number of hydrogen-bond donors (Lipinski definition) is 1. The van der Waals surface area contributed by atoms with Crippen molar-refractivity contribution in [2.45, 2.75) is 0 Å². The van der Waals surface area contributed by atoms with Crippen molar-refractivity contribution >= 4 is 11.4 Å². The first kappa shape index (κ1) is 10.5. The first-order valence-corrected chi connectivity index (χ1v) is 5.16. The van der Waals surface area contributed by atoms with E-state index in [-0.39, 0.29) is 0 Å². The Morgan fingerprint density at radius 3 is 2.31 bits per heavy atom. The predicted molar refractivity (Wildman–Crippen MR) is 68.4 cm³/mol. The highest BCUT2D eigenvalue weighted by Gasteiger charge is 2.02. The van der Waals surface area contributed by atoms with E-state index in [4.69, 9.17) is 5.73 Å². The lowest BCUT2D eigenvalue weighted by Gasteiger charge is -2.13. The van der Waals surface area contributed by atoms with Gasteiger partial charge < -0.3 is 10.6 Å². The lowest BCUT2D eigenvalue weighted by atomic mass is 10.1. The van der Waals surface area contributed by atoms with Crippen molar-refractivity contribution < 1.29 is 0 Å². The van der Waals surface area contributed by atoms with Gasteiger partial charge in [0.15, 0.2) is 0 Å². The number of benzene rings is 1. The Morgan fingerprint density at radius 1 is 1.06 bits per heavy atom. The summed E-state index contributed by atoms with van der Waals surface area (Å²) in [5.41, 5.74) is 9.90. The molecule has 0 fully saturated rings. The second-order valence-corrected chi connectivity index (χ2v) is 3.90. The molecule has 2 rings (SSSR count). The lowest BCUT2D eigenvalue weighted by molar-refractivity contribution is 1.13.